The van der Waals surface area contributed by atoms with Crippen molar-refractivity contribution in [2.45, 2.75) is 31.5 Å². The van der Waals surface area contributed by atoms with Gasteiger partial charge in [-0.05, 0) is 25.0 Å². The van der Waals surface area contributed by atoms with Gasteiger partial charge in [0.1, 0.15) is 11.8 Å². The topological polar surface area (TPSA) is 79.0 Å². The fraction of sp³-hybridized carbons (Fsp3) is 0.471. The minimum absolute atomic E-state index is 0.0137. The molecule has 0 aliphatic carbocycles. The maximum atomic E-state index is 13.0. The summed E-state index contributed by atoms with van der Waals surface area (Å²) in [6.07, 6.45) is -4.05. The van der Waals surface area contributed by atoms with E-state index in [9.17, 15) is 22.8 Å². The minimum atomic E-state index is -4.33. The van der Waals surface area contributed by atoms with Gasteiger partial charge in [-0.25, -0.2) is 0 Å². The second kappa shape index (κ2) is 6.97. The van der Waals surface area contributed by atoms with E-state index in [4.69, 9.17) is 5.73 Å². The zero-order chi connectivity index (χ0) is 18.9. The fourth-order valence-electron chi connectivity index (χ4n) is 3.29. The predicted molar refractivity (Wildman–Crippen MR) is 89.3 cm³/mol. The van der Waals surface area contributed by atoms with Crippen molar-refractivity contribution >= 4 is 23.2 Å². The van der Waals surface area contributed by atoms with Crippen LogP contribution in [0.5, 0.6) is 0 Å². The van der Waals surface area contributed by atoms with Crippen molar-refractivity contribution in [3.63, 3.8) is 0 Å². The van der Waals surface area contributed by atoms with Crippen LogP contribution in [0.3, 0.4) is 0 Å². The molecule has 1 saturated heterocycles. The summed E-state index contributed by atoms with van der Waals surface area (Å²) in [6, 6.07) is 7.89. The third-order valence-corrected chi connectivity index (χ3v) is 4.68. The summed E-state index contributed by atoms with van der Waals surface area (Å²) < 4.78 is 38.9. The van der Waals surface area contributed by atoms with Crippen molar-refractivity contribution in [1.82, 2.24) is 4.90 Å². The van der Waals surface area contributed by atoms with Crippen LogP contribution in [0.15, 0.2) is 35.4 Å². The highest BCUT2D eigenvalue weighted by Gasteiger charge is 2.44. The molecule has 9 heteroatoms. The van der Waals surface area contributed by atoms with Crippen LogP contribution in [0.2, 0.25) is 0 Å². The first-order chi connectivity index (χ1) is 12.3. The average molecular weight is 368 g/mol. The SMILES string of the molecule is NC(=O)C1CC(C(=O)N2CCCC(C(F)(F)F)C2)=NN1c1ccccc1. The molecule has 0 aromatic heterocycles. The molecule has 6 nitrogen and oxygen atoms in total. The molecule has 2 atom stereocenters. The number of alkyl halides is 3. The van der Waals surface area contributed by atoms with E-state index in [2.05, 4.69) is 5.10 Å². The van der Waals surface area contributed by atoms with Gasteiger partial charge >= 0.3 is 6.18 Å². The Morgan fingerprint density at radius 3 is 2.50 bits per heavy atom. The average Bonchev–Trinajstić information content (AvgIpc) is 3.07. The molecule has 0 bridgehead atoms. The number of hydrogen-bond acceptors (Lipinski definition) is 4. The summed E-state index contributed by atoms with van der Waals surface area (Å²) in [5.41, 5.74) is 6.06. The number of nitrogens with two attached hydrogens (primary N) is 1. The predicted octanol–water partition coefficient (Wildman–Crippen LogP) is 1.91. The van der Waals surface area contributed by atoms with Gasteiger partial charge in [0.05, 0.1) is 11.6 Å². The number of hydrazone groups is 1. The highest BCUT2D eigenvalue weighted by atomic mass is 19.4. The van der Waals surface area contributed by atoms with Crippen LogP contribution in [0.25, 0.3) is 0 Å². The summed E-state index contributed by atoms with van der Waals surface area (Å²) in [4.78, 5) is 25.6. The lowest BCUT2D eigenvalue weighted by Gasteiger charge is -2.33. The molecule has 0 saturated carbocycles. The Balaban J connectivity index is 1.80. The van der Waals surface area contributed by atoms with E-state index in [1.54, 1.807) is 30.3 Å². The summed E-state index contributed by atoms with van der Waals surface area (Å²) in [6.45, 7) is -0.134. The quantitative estimate of drug-likeness (QED) is 0.885. The summed E-state index contributed by atoms with van der Waals surface area (Å²) in [5, 5.41) is 5.56. The number of benzene rings is 1. The van der Waals surface area contributed by atoms with E-state index in [-0.39, 0.29) is 38.1 Å². The normalized spacial score (nSPS) is 23.7. The van der Waals surface area contributed by atoms with Crippen LogP contribution >= 0.6 is 0 Å². The maximum Gasteiger partial charge on any atom is 0.393 e. The molecule has 0 spiro atoms. The van der Waals surface area contributed by atoms with Crippen LogP contribution < -0.4 is 10.7 Å². The molecule has 2 unspecified atom stereocenters. The Hall–Kier alpha value is -2.58. The molecule has 2 amide bonds. The third kappa shape index (κ3) is 3.66. The van der Waals surface area contributed by atoms with E-state index in [0.717, 1.165) is 0 Å². The molecule has 1 fully saturated rings. The number of likely N-dealkylation sites (tertiary alicyclic amines) is 1. The van der Waals surface area contributed by atoms with Crippen molar-refractivity contribution in [3.05, 3.63) is 30.3 Å². The van der Waals surface area contributed by atoms with Crippen LogP contribution in [0, 0.1) is 5.92 Å². The molecule has 2 N–H and O–H groups in total. The van der Waals surface area contributed by atoms with Gasteiger partial charge in [0.2, 0.25) is 5.91 Å². The standard InChI is InChI=1S/C17H19F3N4O2/c18-17(19,20)11-5-4-8-23(10-11)16(26)13-9-14(15(21)25)24(22-13)12-6-2-1-3-7-12/h1-3,6-7,11,14H,4-5,8-10H2,(H2,21,25). The Bertz CT molecular complexity index is 720. The molecule has 2 heterocycles. The van der Waals surface area contributed by atoms with Gasteiger partial charge in [0.25, 0.3) is 5.91 Å². The number of rotatable bonds is 3. The molecular weight excluding hydrogens is 349 g/mol. The first-order valence-corrected chi connectivity index (χ1v) is 8.34. The number of halogens is 3. The van der Waals surface area contributed by atoms with Crippen molar-refractivity contribution in [2.75, 3.05) is 18.1 Å². The first kappa shape index (κ1) is 18.2. The number of piperidine rings is 1. The van der Waals surface area contributed by atoms with E-state index < -0.39 is 30.0 Å². The lowest BCUT2D eigenvalue weighted by molar-refractivity contribution is -0.187. The maximum absolute atomic E-state index is 13.0. The number of hydrogen-bond donors (Lipinski definition) is 1. The van der Waals surface area contributed by atoms with E-state index >= 15 is 0 Å². The van der Waals surface area contributed by atoms with Crippen molar-refractivity contribution < 1.29 is 22.8 Å². The molecule has 3 rings (SSSR count). The van der Waals surface area contributed by atoms with Crippen LogP contribution in [0.1, 0.15) is 19.3 Å². The number of amides is 2. The highest BCUT2D eigenvalue weighted by molar-refractivity contribution is 6.40. The zero-order valence-corrected chi connectivity index (χ0v) is 13.9. The van der Waals surface area contributed by atoms with Crippen molar-refractivity contribution in [2.24, 2.45) is 16.8 Å². The van der Waals surface area contributed by atoms with Gasteiger partial charge in [-0.2, -0.15) is 18.3 Å². The minimum Gasteiger partial charge on any atom is -0.368 e. The van der Waals surface area contributed by atoms with E-state index in [1.165, 1.54) is 9.91 Å². The molecule has 2 aliphatic heterocycles. The van der Waals surface area contributed by atoms with E-state index in [0.29, 0.717) is 5.69 Å². The highest BCUT2D eigenvalue weighted by Crippen LogP contribution is 2.33. The second-order valence-electron chi connectivity index (χ2n) is 6.48. The van der Waals surface area contributed by atoms with Crippen LogP contribution in [-0.2, 0) is 9.59 Å². The molecular formula is C17H19F3N4O2. The molecule has 1 aromatic rings. The molecule has 140 valence electrons. The zero-order valence-electron chi connectivity index (χ0n) is 13.9. The number of carbonyl (C=O) groups is 2. The summed E-state index contributed by atoms with van der Waals surface area (Å²) in [5.74, 6) is -2.74. The van der Waals surface area contributed by atoms with Crippen LogP contribution in [-0.4, -0.2) is 47.7 Å². The number of para-hydroxylation sites is 1. The largest absolute Gasteiger partial charge is 0.393 e. The summed E-state index contributed by atoms with van der Waals surface area (Å²) >= 11 is 0. The number of anilines is 1. The van der Waals surface area contributed by atoms with Gasteiger partial charge in [0, 0.05) is 19.5 Å². The second-order valence-corrected chi connectivity index (χ2v) is 6.48. The molecule has 2 aliphatic rings. The van der Waals surface area contributed by atoms with Gasteiger partial charge in [-0.15, -0.1) is 0 Å². The Morgan fingerprint density at radius 1 is 1.19 bits per heavy atom. The Kier molecular flexibility index (Phi) is 4.88. The number of primary amides is 1. The van der Waals surface area contributed by atoms with Gasteiger partial charge in [0.15, 0.2) is 0 Å². The van der Waals surface area contributed by atoms with Gasteiger partial charge in [-0.1, -0.05) is 18.2 Å². The summed E-state index contributed by atoms with van der Waals surface area (Å²) in [7, 11) is 0. The third-order valence-electron chi connectivity index (χ3n) is 4.68. The molecule has 1 aromatic carbocycles. The monoisotopic (exact) mass is 368 g/mol. The van der Waals surface area contributed by atoms with Gasteiger partial charge in [-0.3, -0.25) is 14.6 Å². The lowest BCUT2D eigenvalue weighted by Crippen LogP contribution is -2.47. The van der Waals surface area contributed by atoms with Crippen molar-refractivity contribution in [1.29, 1.82) is 0 Å². The first-order valence-electron chi connectivity index (χ1n) is 8.34. The van der Waals surface area contributed by atoms with E-state index in [1.807, 2.05) is 0 Å². The smallest absolute Gasteiger partial charge is 0.368 e. The van der Waals surface area contributed by atoms with Crippen molar-refractivity contribution in [3.8, 4) is 0 Å². The number of carbonyl (C=O) groups excluding carboxylic acids is 2. The fourth-order valence-corrected chi connectivity index (χ4v) is 3.29. The van der Waals surface area contributed by atoms with Crippen LogP contribution in [0.4, 0.5) is 18.9 Å². The Labute approximate surface area is 148 Å². The number of nitrogens with zero attached hydrogens (tertiary/aromatic N) is 3. The molecule has 0 radical (unpaired) electrons. The Morgan fingerprint density at radius 2 is 1.88 bits per heavy atom. The van der Waals surface area contributed by atoms with Gasteiger partial charge < -0.3 is 10.6 Å². The molecule has 26 heavy (non-hydrogen) atoms. The lowest BCUT2D eigenvalue weighted by atomic mass is 9.97.